The molecular formula is C12H22O2. The van der Waals surface area contributed by atoms with Gasteiger partial charge < -0.3 is 9.47 Å². The van der Waals surface area contributed by atoms with Crippen molar-refractivity contribution in [3.05, 3.63) is 0 Å². The van der Waals surface area contributed by atoms with Gasteiger partial charge >= 0.3 is 0 Å². The first-order chi connectivity index (χ1) is 6.61. The van der Waals surface area contributed by atoms with Crippen molar-refractivity contribution >= 4 is 0 Å². The molecule has 2 saturated heterocycles. The van der Waals surface area contributed by atoms with Crippen molar-refractivity contribution in [3.8, 4) is 0 Å². The minimum Gasteiger partial charge on any atom is -0.375 e. The zero-order valence-electron chi connectivity index (χ0n) is 9.69. The smallest absolute Gasteiger partial charge is 0.0893 e. The van der Waals surface area contributed by atoms with E-state index in [1.54, 1.807) is 0 Å². The summed E-state index contributed by atoms with van der Waals surface area (Å²) in [5.74, 6) is 2.58. The number of rotatable bonds is 2. The van der Waals surface area contributed by atoms with Crippen LogP contribution >= 0.6 is 0 Å². The molecule has 2 nitrogen and oxygen atoms in total. The molecule has 2 aliphatic rings. The van der Waals surface area contributed by atoms with E-state index in [1.165, 1.54) is 0 Å². The minimum atomic E-state index is 0.377. The van der Waals surface area contributed by atoms with Crippen molar-refractivity contribution in [3.63, 3.8) is 0 Å². The zero-order valence-corrected chi connectivity index (χ0v) is 9.69. The molecule has 82 valence electrons. The van der Waals surface area contributed by atoms with Crippen LogP contribution in [-0.2, 0) is 9.47 Å². The predicted molar refractivity (Wildman–Crippen MR) is 56.1 cm³/mol. The summed E-state index contributed by atoms with van der Waals surface area (Å²) >= 11 is 0. The molecule has 0 aromatic rings. The van der Waals surface area contributed by atoms with Crippen molar-refractivity contribution in [1.82, 2.24) is 0 Å². The van der Waals surface area contributed by atoms with Gasteiger partial charge in [-0.05, 0) is 11.8 Å². The maximum Gasteiger partial charge on any atom is 0.0893 e. The van der Waals surface area contributed by atoms with Gasteiger partial charge in [0.15, 0.2) is 0 Å². The average molecular weight is 198 g/mol. The Hall–Kier alpha value is -0.0800. The van der Waals surface area contributed by atoms with E-state index in [-0.39, 0.29) is 0 Å². The number of ether oxygens (including phenoxy) is 2. The highest BCUT2D eigenvalue weighted by molar-refractivity contribution is 4.95. The highest BCUT2D eigenvalue weighted by Crippen LogP contribution is 2.40. The first-order valence-electron chi connectivity index (χ1n) is 5.84. The van der Waals surface area contributed by atoms with Crippen molar-refractivity contribution in [2.45, 2.75) is 39.9 Å². The van der Waals surface area contributed by atoms with Crippen LogP contribution in [0, 0.1) is 23.7 Å². The van der Waals surface area contributed by atoms with Crippen molar-refractivity contribution < 1.29 is 9.47 Å². The molecule has 0 amide bonds. The molecular weight excluding hydrogens is 176 g/mol. The van der Waals surface area contributed by atoms with E-state index in [4.69, 9.17) is 9.47 Å². The van der Waals surface area contributed by atoms with Crippen LogP contribution in [0.3, 0.4) is 0 Å². The summed E-state index contributed by atoms with van der Waals surface area (Å²) in [5, 5.41) is 0. The maximum atomic E-state index is 5.90. The lowest BCUT2D eigenvalue weighted by atomic mass is 9.85. The molecule has 0 spiro atoms. The third kappa shape index (κ3) is 1.59. The van der Waals surface area contributed by atoms with E-state index < -0.39 is 0 Å². The van der Waals surface area contributed by atoms with Gasteiger partial charge in [0.25, 0.3) is 0 Å². The lowest BCUT2D eigenvalue weighted by molar-refractivity contribution is 0.0537. The quantitative estimate of drug-likeness (QED) is 0.678. The normalized spacial score (nSPS) is 42.4. The summed E-state index contributed by atoms with van der Waals surface area (Å²) in [7, 11) is 0. The third-order valence-electron chi connectivity index (χ3n) is 3.84. The average Bonchev–Trinajstić information content (AvgIpc) is 2.59. The van der Waals surface area contributed by atoms with Crippen LogP contribution in [0.5, 0.6) is 0 Å². The largest absolute Gasteiger partial charge is 0.375 e. The molecule has 2 heteroatoms. The topological polar surface area (TPSA) is 18.5 Å². The van der Waals surface area contributed by atoms with Crippen LogP contribution < -0.4 is 0 Å². The summed E-state index contributed by atoms with van der Waals surface area (Å²) < 4.78 is 11.8. The molecule has 0 aromatic heterocycles. The van der Waals surface area contributed by atoms with Gasteiger partial charge in [-0.25, -0.2) is 0 Å². The summed E-state index contributed by atoms with van der Waals surface area (Å²) in [6.45, 7) is 10.9. The Morgan fingerprint density at radius 3 is 1.43 bits per heavy atom. The minimum absolute atomic E-state index is 0.377. The lowest BCUT2D eigenvalue weighted by Gasteiger charge is -2.20. The van der Waals surface area contributed by atoms with Crippen LogP contribution in [-0.4, -0.2) is 25.4 Å². The highest BCUT2D eigenvalue weighted by atomic mass is 16.6. The SMILES string of the molecule is CC(C)C1CO[C@@H]2C(C(C)C)CO[C@H]12. The summed E-state index contributed by atoms with van der Waals surface area (Å²) in [6.07, 6.45) is 0.754. The van der Waals surface area contributed by atoms with Gasteiger partial charge in [0.2, 0.25) is 0 Å². The first kappa shape index (κ1) is 10.4. The fraction of sp³-hybridized carbons (Fsp3) is 1.00. The van der Waals surface area contributed by atoms with Gasteiger partial charge in [-0.3, -0.25) is 0 Å². The van der Waals surface area contributed by atoms with Crippen LogP contribution in [0.2, 0.25) is 0 Å². The molecule has 0 saturated carbocycles. The number of hydrogen-bond acceptors (Lipinski definition) is 2. The van der Waals surface area contributed by atoms with E-state index in [0.29, 0.717) is 35.9 Å². The molecule has 0 aromatic carbocycles. The second kappa shape index (κ2) is 3.82. The van der Waals surface area contributed by atoms with E-state index in [0.717, 1.165) is 13.2 Å². The highest BCUT2D eigenvalue weighted by Gasteiger charge is 2.48. The molecule has 0 aliphatic carbocycles. The van der Waals surface area contributed by atoms with E-state index in [1.807, 2.05) is 0 Å². The summed E-state index contributed by atoms with van der Waals surface area (Å²) in [4.78, 5) is 0. The molecule has 4 atom stereocenters. The fourth-order valence-electron chi connectivity index (χ4n) is 2.70. The van der Waals surface area contributed by atoms with Crippen molar-refractivity contribution in [2.24, 2.45) is 23.7 Å². The van der Waals surface area contributed by atoms with Gasteiger partial charge in [-0.2, -0.15) is 0 Å². The Bertz CT molecular complexity index is 178. The first-order valence-corrected chi connectivity index (χ1v) is 5.84. The van der Waals surface area contributed by atoms with Gasteiger partial charge in [0, 0.05) is 11.8 Å². The molecule has 2 heterocycles. The second-order valence-corrected chi connectivity index (χ2v) is 5.41. The molecule has 2 rings (SSSR count). The number of hydrogen-bond donors (Lipinski definition) is 0. The second-order valence-electron chi connectivity index (χ2n) is 5.41. The lowest BCUT2D eigenvalue weighted by Crippen LogP contribution is -2.30. The molecule has 0 N–H and O–H groups in total. The van der Waals surface area contributed by atoms with Gasteiger partial charge in [-0.15, -0.1) is 0 Å². The Kier molecular flexibility index (Phi) is 2.85. The summed E-state index contributed by atoms with van der Waals surface area (Å²) in [6, 6.07) is 0. The van der Waals surface area contributed by atoms with Gasteiger partial charge in [-0.1, -0.05) is 27.7 Å². The predicted octanol–water partition coefficient (Wildman–Crippen LogP) is 2.33. The van der Waals surface area contributed by atoms with Crippen molar-refractivity contribution in [1.29, 1.82) is 0 Å². The zero-order chi connectivity index (χ0) is 10.3. The van der Waals surface area contributed by atoms with Crippen LogP contribution in [0.1, 0.15) is 27.7 Å². The maximum absolute atomic E-state index is 5.90. The molecule has 2 fully saturated rings. The molecule has 2 unspecified atom stereocenters. The molecule has 14 heavy (non-hydrogen) atoms. The van der Waals surface area contributed by atoms with Crippen LogP contribution in [0.25, 0.3) is 0 Å². The molecule has 0 bridgehead atoms. The third-order valence-corrected chi connectivity index (χ3v) is 3.84. The number of fused-ring (bicyclic) bond motifs is 1. The van der Waals surface area contributed by atoms with Gasteiger partial charge in [0.05, 0.1) is 25.4 Å². The van der Waals surface area contributed by atoms with Gasteiger partial charge in [0.1, 0.15) is 0 Å². The Balaban J connectivity index is 2.04. The van der Waals surface area contributed by atoms with E-state index >= 15 is 0 Å². The molecule has 0 radical (unpaired) electrons. The Labute approximate surface area is 87.0 Å². The monoisotopic (exact) mass is 198 g/mol. The van der Waals surface area contributed by atoms with E-state index in [2.05, 4.69) is 27.7 Å². The fourth-order valence-corrected chi connectivity index (χ4v) is 2.70. The Morgan fingerprint density at radius 1 is 0.786 bits per heavy atom. The molecule has 2 aliphatic heterocycles. The standard InChI is InChI=1S/C12H22O2/c1-7(2)9-5-13-12-10(8(3)4)6-14-11(9)12/h7-12H,5-6H2,1-4H3/t9?,10?,11-,12-/m1/s1. The van der Waals surface area contributed by atoms with Crippen LogP contribution in [0.15, 0.2) is 0 Å². The Morgan fingerprint density at radius 2 is 1.14 bits per heavy atom. The summed E-state index contributed by atoms with van der Waals surface area (Å²) in [5.41, 5.74) is 0. The van der Waals surface area contributed by atoms with Crippen LogP contribution in [0.4, 0.5) is 0 Å². The van der Waals surface area contributed by atoms with E-state index in [9.17, 15) is 0 Å². The van der Waals surface area contributed by atoms with Crippen molar-refractivity contribution in [2.75, 3.05) is 13.2 Å².